The molecule has 7 nitrogen and oxygen atoms in total. The smallest absolute Gasteiger partial charge is 0.258 e. The van der Waals surface area contributed by atoms with Crippen LogP contribution in [0.3, 0.4) is 0 Å². The average molecular weight is 357 g/mol. The highest BCUT2D eigenvalue weighted by atomic mass is 32.1. The quantitative estimate of drug-likeness (QED) is 0.757. The molecule has 3 aromatic rings. The normalized spacial score (nSPS) is 15.5. The molecule has 0 bridgehead atoms. The van der Waals surface area contributed by atoms with Gasteiger partial charge in [0, 0.05) is 42.3 Å². The molecule has 0 atom stereocenters. The Morgan fingerprint density at radius 1 is 1.28 bits per heavy atom. The summed E-state index contributed by atoms with van der Waals surface area (Å²) < 4.78 is 11.4. The molecule has 1 fully saturated rings. The second-order valence-corrected chi connectivity index (χ2v) is 6.62. The molecule has 1 saturated heterocycles. The van der Waals surface area contributed by atoms with E-state index in [1.165, 1.54) is 11.5 Å². The van der Waals surface area contributed by atoms with Gasteiger partial charge in [0.15, 0.2) is 0 Å². The summed E-state index contributed by atoms with van der Waals surface area (Å²) in [5, 5.41) is 10.2. The number of rotatable bonds is 5. The van der Waals surface area contributed by atoms with E-state index in [4.69, 9.17) is 4.74 Å². The van der Waals surface area contributed by atoms with E-state index in [0.29, 0.717) is 5.56 Å². The second kappa shape index (κ2) is 7.30. The predicted octanol–water partition coefficient (Wildman–Crippen LogP) is 2.08. The van der Waals surface area contributed by atoms with Crippen LogP contribution in [0, 0.1) is 0 Å². The molecule has 0 saturated carbocycles. The zero-order valence-electron chi connectivity index (χ0n) is 13.7. The molecule has 25 heavy (non-hydrogen) atoms. The molecule has 0 unspecified atom stereocenters. The van der Waals surface area contributed by atoms with Gasteiger partial charge in [-0.1, -0.05) is 0 Å². The van der Waals surface area contributed by atoms with Gasteiger partial charge in [-0.25, -0.2) is 0 Å². The fourth-order valence-electron chi connectivity index (χ4n) is 2.82. The van der Waals surface area contributed by atoms with Crippen molar-refractivity contribution >= 4 is 34.0 Å². The van der Waals surface area contributed by atoms with Gasteiger partial charge in [0.05, 0.1) is 37.0 Å². The second-order valence-electron chi connectivity index (χ2n) is 5.99. The molecule has 0 spiro atoms. The van der Waals surface area contributed by atoms with Gasteiger partial charge in [0.25, 0.3) is 5.91 Å². The first-order chi connectivity index (χ1) is 12.3. The van der Waals surface area contributed by atoms with Crippen molar-refractivity contribution in [2.75, 3.05) is 38.2 Å². The Bertz CT molecular complexity index is 869. The summed E-state index contributed by atoms with van der Waals surface area (Å²) >= 11 is 1.41. The third-order valence-electron chi connectivity index (χ3n) is 4.26. The molecule has 1 aromatic carbocycles. The van der Waals surface area contributed by atoms with Crippen LogP contribution in [-0.4, -0.2) is 57.8 Å². The van der Waals surface area contributed by atoms with Gasteiger partial charge in [0.1, 0.15) is 0 Å². The first-order valence-electron chi connectivity index (χ1n) is 8.26. The maximum atomic E-state index is 12.4. The van der Waals surface area contributed by atoms with Gasteiger partial charge in [-0.05, 0) is 29.7 Å². The van der Waals surface area contributed by atoms with Crippen LogP contribution in [0.5, 0.6) is 0 Å². The van der Waals surface area contributed by atoms with Crippen LogP contribution in [0.1, 0.15) is 10.4 Å². The van der Waals surface area contributed by atoms with E-state index in [9.17, 15) is 4.79 Å². The van der Waals surface area contributed by atoms with Crippen LogP contribution in [0.2, 0.25) is 0 Å². The Balaban J connectivity index is 1.36. The average Bonchev–Trinajstić information content (AvgIpc) is 3.30. The molecule has 3 heterocycles. The highest BCUT2D eigenvalue weighted by Gasteiger charge is 2.12. The van der Waals surface area contributed by atoms with E-state index < -0.39 is 0 Å². The van der Waals surface area contributed by atoms with Crippen molar-refractivity contribution in [3.8, 4) is 0 Å². The lowest BCUT2D eigenvalue weighted by molar-refractivity contribution is 0.0360. The lowest BCUT2D eigenvalue weighted by Crippen LogP contribution is -2.38. The van der Waals surface area contributed by atoms with E-state index in [1.807, 2.05) is 28.3 Å². The minimum Gasteiger partial charge on any atom is -0.379 e. The molecular formula is C17H19N5O2S. The lowest BCUT2D eigenvalue weighted by atomic mass is 10.2. The minimum atomic E-state index is -0.153. The van der Waals surface area contributed by atoms with Gasteiger partial charge < -0.3 is 10.1 Å². The fourth-order valence-corrected chi connectivity index (χ4v) is 3.46. The molecular weight excluding hydrogens is 338 g/mol. The number of nitrogens with zero attached hydrogens (tertiary/aromatic N) is 4. The van der Waals surface area contributed by atoms with Crippen molar-refractivity contribution in [1.82, 2.24) is 19.1 Å². The number of carbonyl (C=O) groups excluding carboxylic acids is 1. The molecule has 1 amide bonds. The lowest BCUT2D eigenvalue weighted by Gasteiger charge is -2.26. The van der Waals surface area contributed by atoms with E-state index >= 15 is 0 Å². The van der Waals surface area contributed by atoms with Gasteiger partial charge in [-0.2, -0.15) is 9.47 Å². The number of amides is 1. The van der Waals surface area contributed by atoms with Crippen molar-refractivity contribution in [1.29, 1.82) is 0 Å². The number of ether oxygens (including phenoxy) is 1. The van der Waals surface area contributed by atoms with Crippen molar-refractivity contribution in [2.45, 2.75) is 6.54 Å². The molecule has 2 aromatic heterocycles. The number of hydrogen-bond acceptors (Lipinski definition) is 6. The number of morpholine rings is 1. The number of carbonyl (C=O) groups is 1. The maximum Gasteiger partial charge on any atom is 0.258 e. The molecule has 1 aliphatic heterocycles. The van der Waals surface area contributed by atoms with E-state index in [2.05, 4.69) is 19.7 Å². The predicted molar refractivity (Wildman–Crippen MR) is 97.1 cm³/mol. The Hall–Kier alpha value is -2.29. The van der Waals surface area contributed by atoms with Crippen molar-refractivity contribution in [3.05, 3.63) is 41.5 Å². The van der Waals surface area contributed by atoms with Crippen molar-refractivity contribution < 1.29 is 9.53 Å². The summed E-state index contributed by atoms with van der Waals surface area (Å²) in [7, 11) is 0. The summed E-state index contributed by atoms with van der Waals surface area (Å²) in [4.78, 5) is 14.7. The Kier molecular flexibility index (Phi) is 4.73. The standard InChI is InChI=1S/C17H19N5O2S/c23-17(19-15-1-2-16-13(9-15)12-25-20-16)14-10-18-22(11-14)4-3-21-5-7-24-8-6-21/h1-2,9-12H,3-8H2,(H,19,23). The van der Waals surface area contributed by atoms with Gasteiger partial charge in [0.2, 0.25) is 0 Å². The van der Waals surface area contributed by atoms with Crippen LogP contribution in [-0.2, 0) is 11.3 Å². The zero-order chi connectivity index (χ0) is 17.1. The molecule has 8 heteroatoms. The SMILES string of the molecule is O=C(Nc1ccc2nscc2c1)c1cnn(CCN2CCOCC2)c1. The summed E-state index contributed by atoms with van der Waals surface area (Å²) in [6.07, 6.45) is 3.40. The molecule has 0 radical (unpaired) electrons. The van der Waals surface area contributed by atoms with E-state index in [-0.39, 0.29) is 5.91 Å². The van der Waals surface area contributed by atoms with Gasteiger partial charge in [-0.15, -0.1) is 0 Å². The first kappa shape index (κ1) is 16.2. The highest BCUT2D eigenvalue weighted by molar-refractivity contribution is 7.04. The van der Waals surface area contributed by atoms with Crippen LogP contribution in [0.15, 0.2) is 36.0 Å². The van der Waals surface area contributed by atoms with E-state index in [1.54, 1.807) is 12.4 Å². The molecule has 4 rings (SSSR count). The Morgan fingerprint density at radius 3 is 3.04 bits per heavy atom. The molecule has 1 N–H and O–H groups in total. The van der Waals surface area contributed by atoms with Gasteiger partial charge >= 0.3 is 0 Å². The number of anilines is 1. The largest absolute Gasteiger partial charge is 0.379 e. The number of aromatic nitrogens is 3. The number of hydrogen-bond donors (Lipinski definition) is 1. The highest BCUT2D eigenvalue weighted by Crippen LogP contribution is 2.20. The summed E-state index contributed by atoms with van der Waals surface area (Å²) in [6, 6.07) is 5.70. The summed E-state index contributed by atoms with van der Waals surface area (Å²) in [5.74, 6) is -0.153. The number of nitrogens with one attached hydrogen (secondary N) is 1. The van der Waals surface area contributed by atoms with Gasteiger partial charge in [-0.3, -0.25) is 14.4 Å². The topological polar surface area (TPSA) is 72.3 Å². The summed E-state index contributed by atoms with van der Waals surface area (Å²) in [6.45, 7) is 5.16. The number of fused-ring (bicyclic) bond motifs is 1. The zero-order valence-corrected chi connectivity index (χ0v) is 14.5. The first-order valence-corrected chi connectivity index (χ1v) is 9.10. The minimum absolute atomic E-state index is 0.153. The molecule has 130 valence electrons. The number of benzene rings is 1. The van der Waals surface area contributed by atoms with E-state index in [0.717, 1.165) is 56.0 Å². The van der Waals surface area contributed by atoms with Crippen LogP contribution in [0.25, 0.3) is 10.9 Å². The summed E-state index contributed by atoms with van der Waals surface area (Å²) in [5.41, 5.74) is 2.27. The van der Waals surface area contributed by atoms with Crippen LogP contribution in [0.4, 0.5) is 5.69 Å². The molecule has 0 aliphatic carbocycles. The molecule has 1 aliphatic rings. The van der Waals surface area contributed by atoms with Crippen LogP contribution >= 0.6 is 11.5 Å². The monoisotopic (exact) mass is 357 g/mol. The van der Waals surface area contributed by atoms with Crippen molar-refractivity contribution in [3.63, 3.8) is 0 Å². The Morgan fingerprint density at radius 2 is 2.16 bits per heavy atom. The third-order valence-corrected chi connectivity index (χ3v) is 4.92. The fraction of sp³-hybridized carbons (Fsp3) is 0.353. The third kappa shape index (κ3) is 3.87. The maximum absolute atomic E-state index is 12.4. The Labute approximate surface area is 149 Å². The van der Waals surface area contributed by atoms with Crippen molar-refractivity contribution in [2.24, 2.45) is 0 Å². The van der Waals surface area contributed by atoms with Crippen LogP contribution < -0.4 is 5.32 Å².